The van der Waals surface area contributed by atoms with E-state index in [1.54, 1.807) is 37.1 Å². The molecule has 8 heterocycles. The highest BCUT2D eigenvalue weighted by Crippen LogP contribution is 2.46. The zero-order chi connectivity index (χ0) is 49.0. The number of alkyl halides is 2. The number of fused-ring (bicyclic) bond motifs is 1. The molecule has 1 atom stereocenters. The fraction of sp³-hybridized carbons (Fsp3) is 0.537. The van der Waals surface area contributed by atoms with Crippen LogP contribution in [0, 0.1) is 22.7 Å². The number of ether oxygens (including phenoxy) is 1. The van der Waals surface area contributed by atoms with Crippen molar-refractivity contribution in [3.63, 3.8) is 0 Å². The SMILES string of the molecule is CC(=O)N1CCC2=C(C1)C(N1CCCc3cc(-c4cnn(C)c4)c(C(F)F)cc31)=N/[N+]2=C/C1CCC(OC2CCN(c3ccc(N4CCC5(CC4)C[C@H](C)N(c4ccc(C#N)c(Cl)c4)C5)nn3)CC2)CC1. The lowest BCUT2D eigenvalue weighted by atomic mass is 9.77. The van der Waals surface area contributed by atoms with Gasteiger partial charge in [-0.3, -0.25) is 9.48 Å². The third kappa shape index (κ3) is 9.52. The van der Waals surface area contributed by atoms with E-state index in [2.05, 4.69) is 60.7 Å². The third-order valence-electron chi connectivity index (χ3n) is 16.6. The summed E-state index contributed by atoms with van der Waals surface area (Å²) in [6.45, 7) is 10.3. The molecule has 2 aromatic heterocycles. The fourth-order valence-corrected chi connectivity index (χ4v) is 12.8. The molecule has 0 N–H and O–H groups in total. The zero-order valence-corrected chi connectivity index (χ0v) is 41.9. The van der Waals surface area contributed by atoms with Gasteiger partial charge >= 0.3 is 0 Å². The van der Waals surface area contributed by atoms with Gasteiger partial charge in [-0.25, -0.2) is 8.78 Å². The van der Waals surface area contributed by atoms with Crippen LogP contribution in [-0.4, -0.2) is 118 Å². The minimum Gasteiger partial charge on any atom is -0.375 e. The first kappa shape index (κ1) is 47.4. The molecule has 372 valence electrons. The van der Waals surface area contributed by atoms with Gasteiger partial charge in [-0.1, -0.05) is 16.3 Å². The van der Waals surface area contributed by atoms with Crippen LogP contribution >= 0.6 is 11.6 Å². The molecule has 1 aliphatic carbocycles. The number of halogens is 3. The van der Waals surface area contributed by atoms with Gasteiger partial charge in [0.05, 0.1) is 47.5 Å². The second kappa shape index (κ2) is 19.6. The molecule has 0 radical (unpaired) electrons. The summed E-state index contributed by atoms with van der Waals surface area (Å²) in [5.41, 5.74) is 6.94. The van der Waals surface area contributed by atoms with Gasteiger partial charge in [0.25, 0.3) is 6.43 Å². The first-order chi connectivity index (χ1) is 34.4. The molecule has 2 aromatic carbocycles. The molecular weight excluding hydrogens is 922 g/mol. The lowest BCUT2D eigenvalue weighted by Gasteiger charge is -2.40. The first-order valence-corrected chi connectivity index (χ1v) is 26.2. The molecule has 6 aliphatic heterocycles. The summed E-state index contributed by atoms with van der Waals surface area (Å²) in [5.74, 6) is 2.98. The lowest BCUT2D eigenvalue weighted by Crippen LogP contribution is -2.42. The van der Waals surface area contributed by atoms with Crippen LogP contribution < -0.4 is 19.6 Å². The van der Waals surface area contributed by atoms with Gasteiger partial charge in [0.1, 0.15) is 6.07 Å². The number of hydrogen-bond acceptors (Lipinski definition) is 11. The maximum Gasteiger partial charge on any atom is 0.264 e. The second-order valence-electron chi connectivity index (χ2n) is 21.1. The van der Waals surface area contributed by atoms with E-state index in [1.807, 2.05) is 29.2 Å². The molecule has 0 bridgehead atoms. The Kier molecular flexibility index (Phi) is 13.1. The Labute approximate surface area is 420 Å². The van der Waals surface area contributed by atoms with Gasteiger partial charge in [-0.15, -0.1) is 10.2 Å². The molecule has 3 saturated heterocycles. The quantitative estimate of drug-likeness (QED) is 0.158. The topological polar surface area (TPSA) is 125 Å². The molecule has 1 saturated carbocycles. The zero-order valence-electron chi connectivity index (χ0n) is 41.1. The van der Waals surface area contributed by atoms with Crippen molar-refractivity contribution >= 4 is 52.6 Å². The number of carbonyl (C=O) groups excluding carboxylic acids is 1. The van der Waals surface area contributed by atoms with Gasteiger partial charge < -0.3 is 29.2 Å². The summed E-state index contributed by atoms with van der Waals surface area (Å²) < 4.78 is 40.0. The molecule has 11 rings (SSSR count). The molecule has 71 heavy (non-hydrogen) atoms. The lowest BCUT2D eigenvalue weighted by molar-refractivity contribution is -0.479. The summed E-state index contributed by atoms with van der Waals surface area (Å²) in [7, 11) is 1.79. The Bertz CT molecular complexity index is 2800. The molecule has 0 unspecified atom stereocenters. The maximum atomic E-state index is 14.8. The van der Waals surface area contributed by atoms with Crippen LogP contribution in [0.3, 0.4) is 0 Å². The van der Waals surface area contributed by atoms with Crippen LogP contribution in [0.5, 0.6) is 0 Å². The number of carbonyl (C=O) groups is 1. The Hall–Kier alpha value is -5.92. The molecule has 7 aliphatic rings. The minimum absolute atomic E-state index is 0.0121. The van der Waals surface area contributed by atoms with Crippen LogP contribution in [-0.2, 0) is 23.0 Å². The van der Waals surface area contributed by atoms with Crippen molar-refractivity contribution in [3.8, 4) is 17.2 Å². The van der Waals surface area contributed by atoms with Crippen molar-refractivity contribution in [1.82, 2.24) is 24.9 Å². The average molecular weight is 987 g/mol. The van der Waals surface area contributed by atoms with E-state index in [1.165, 1.54) is 0 Å². The number of amidine groups is 1. The van der Waals surface area contributed by atoms with E-state index < -0.39 is 6.43 Å². The van der Waals surface area contributed by atoms with Crippen LogP contribution in [0.2, 0.25) is 5.02 Å². The molecule has 1 amide bonds. The van der Waals surface area contributed by atoms with Crippen LogP contribution in [0.15, 0.2) is 71.2 Å². The highest BCUT2D eigenvalue weighted by molar-refractivity contribution is 6.32. The number of hydrazone groups is 1. The molecular formula is C54H64ClF2N12O2+. The van der Waals surface area contributed by atoms with Crippen LogP contribution in [0.4, 0.5) is 31.8 Å². The smallest absolute Gasteiger partial charge is 0.264 e. The van der Waals surface area contributed by atoms with Gasteiger partial charge in [-0.2, -0.15) is 10.4 Å². The van der Waals surface area contributed by atoms with Crippen LogP contribution in [0.1, 0.15) is 108 Å². The van der Waals surface area contributed by atoms with Crippen molar-refractivity contribution in [2.75, 3.05) is 72.0 Å². The van der Waals surface area contributed by atoms with Gasteiger partial charge in [0, 0.05) is 106 Å². The molecule has 1 spiro atoms. The number of nitrogens with zero attached hydrogens (tertiary/aromatic N) is 12. The standard InChI is InChI=1S/C54H64ClF2N12O2/c1-35-28-54(34-68(35)41-9-8-39(29-58)47(55)26-41)17-23-65(24-18-54)51-13-12-50(60-61-51)64-20-14-43(15-21-64)71-42-10-6-37(7-11-42)31-69-48-16-22-66(36(2)70)33-46(48)53(62-69)67-19-4-5-38-25-44(40-30-59-63(3)32-40)45(52(56)57)27-49(38)67/h8-9,12-13,25-27,30-32,35,37,42-43,52H,4-7,10-11,14-24,28,33-34H2,1-3H3/q+1/b69-31+/t35-,37?,42?/m0/s1. The highest BCUT2D eigenvalue weighted by atomic mass is 35.5. The number of piperidine rings is 2. The summed E-state index contributed by atoms with van der Waals surface area (Å²) in [6, 6.07) is 16.2. The number of hydrogen-bond donors (Lipinski definition) is 0. The molecule has 14 nitrogen and oxygen atoms in total. The summed E-state index contributed by atoms with van der Waals surface area (Å²) in [5, 5.41) is 28.8. The maximum absolute atomic E-state index is 14.8. The number of anilines is 4. The molecule has 4 aromatic rings. The minimum atomic E-state index is -2.66. The van der Waals surface area contributed by atoms with Gasteiger partial charge in [0.2, 0.25) is 17.4 Å². The normalized spacial score (nSPS) is 24.3. The Morgan fingerprint density at radius 1 is 0.944 bits per heavy atom. The second-order valence-corrected chi connectivity index (χ2v) is 21.5. The first-order valence-electron chi connectivity index (χ1n) is 25.8. The van der Waals surface area contributed by atoms with Crippen LogP contribution in [0.25, 0.3) is 11.1 Å². The monoisotopic (exact) mass is 985 g/mol. The fourth-order valence-electron chi connectivity index (χ4n) is 12.6. The van der Waals surface area contributed by atoms with E-state index in [0.717, 1.165) is 149 Å². The van der Waals surface area contributed by atoms with Crippen molar-refractivity contribution in [2.45, 2.75) is 116 Å². The van der Waals surface area contributed by atoms with Crippen molar-refractivity contribution in [3.05, 3.63) is 87.8 Å². The Morgan fingerprint density at radius 2 is 1.68 bits per heavy atom. The van der Waals surface area contributed by atoms with Gasteiger partial charge in [-0.05, 0) is 137 Å². The van der Waals surface area contributed by atoms with Gasteiger partial charge in [0.15, 0.2) is 17.9 Å². The predicted molar refractivity (Wildman–Crippen MR) is 272 cm³/mol. The average Bonchev–Trinajstić information content (AvgIpc) is 4.08. The molecule has 17 heteroatoms. The van der Waals surface area contributed by atoms with E-state index in [9.17, 15) is 18.8 Å². The number of aryl methyl sites for hydroxylation is 2. The third-order valence-corrected chi connectivity index (χ3v) is 16.9. The van der Waals surface area contributed by atoms with E-state index in [4.69, 9.17) is 31.6 Å². The van der Waals surface area contributed by atoms with E-state index in [0.29, 0.717) is 59.7 Å². The Balaban J connectivity index is 0.683. The van der Waals surface area contributed by atoms with E-state index >= 15 is 0 Å². The van der Waals surface area contributed by atoms with Crippen molar-refractivity contribution in [2.24, 2.45) is 23.5 Å². The number of amides is 1. The van der Waals surface area contributed by atoms with Crippen molar-refractivity contribution in [1.29, 1.82) is 5.26 Å². The van der Waals surface area contributed by atoms with E-state index in [-0.39, 0.29) is 29.1 Å². The van der Waals surface area contributed by atoms with Crippen molar-refractivity contribution < 1.29 is 23.0 Å². The summed E-state index contributed by atoms with van der Waals surface area (Å²) in [4.78, 5) is 23.8. The largest absolute Gasteiger partial charge is 0.375 e. The predicted octanol–water partition coefficient (Wildman–Crippen LogP) is 9.14. The highest BCUT2D eigenvalue weighted by Gasteiger charge is 2.45. The number of aromatic nitrogens is 4. The number of benzene rings is 2. The summed E-state index contributed by atoms with van der Waals surface area (Å²) >= 11 is 6.41. The number of rotatable bonds is 8. The summed E-state index contributed by atoms with van der Waals surface area (Å²) in [6.07, 6.45) is 15.0. The number of nitriles is 1. The Morgan fingerprint density at radius 3 is 2.34 bits per heavy atom. The molecule has 4 fully saturated rings.